The van der Waals surface area contributed by atoms with E-state index in [1.807, 2.05) is 12.1 Å². The standard InChI is InChI=1S/C29H28O6/c1-16-7-18(3-5-24(16)30)9-20-11-22(28(34)14-26(20)32)13-23-12-21(27(33)15-29(23)35)10-19-4-6-25(31)17(2)8-19/h3-8,11-12,14-15,30-35H,9-10,13H2,1-2H3. The van der Waals surface area contributed by atoms with Crippen LogP contribution in [0.3, 0.4) is 0 Å². The fourth-order valence-electron chi connectivity index (χ4n) is 4.21. The molecule has 0 fully saturated rings. The highest BCUT2D eigenvalue weighted by atomic mass is 16.3. The monoisotopic (exact) mass is 472 g/mol. The molecule has 0 heterocycles. The van der Waals surface area contributed by atoms with Crippen molar-refractivity contribution in [3.63, 3.8) is 0 Å². The highest BCUT2D eigenvalue weighted by molar-refractivity contribution is 5.53. The zero-order valence-electron chi connectivity index (χ0n) is 19.6. The molecular formula is C29H28O6. The molecule has 0 saturated carbocycles. The number of phenolic OH excluding ortho intramolecular Hbond substituents is 6. The first-order valence-corrected chi connectivity index (χ1v) is 11.2. The minimum atomic E-state index is -0.101. The summed E-state index contributed by atoms with van der Waals surface area (Å²) < 4.78 is 0. The average Bonchev–Trinajstić information content (AvgIpc) is 2.79. The third kappa shape index (κ3) is 5.27. The van der Waals surface area contributed by atoms with Gasteiger partial charge in [0.1, 0.15) is 34.5 Å². The quantitative estimate of drug-likeness (QED) is 0.226. The van der Waals surface area contributed by atoms with Crippen LogP contribution in [0.25, 0.3) is 0 Å². The number of aryl methyl sites for hydroxylation is 2. The molecule has 6 heteroatoms. The molecule has 0 aliphatic rings. The van der Waals surface area contributed by atoms with Crippen LogP contribution in [0.2, 0.25) is 0 Å². The number of rotatable bonds is 6. The Morgan fingerprint density at radius 1 is 0.400 bits per heavy atom. The van der Waals surface area contributed by atoms with Crippen LogP contribution < -0.4 is 0 Å². The summed E-state index contributed by atoms with van der Waals surface area (Å²) in [5.41, 5.74) is 5.47. The molecule has 0 spiro atoms. The van der Waals surface area contributed by atoms with Gasteiger partial charge in [0.15, 0.2) is 0 Å². The molecule has 0 unspecified atom stereocenters. The molecule has 0 atom stereocenters. The van der Waals surface area contributed by atoms with Gasteiger partial charge in [0.25, 0.3) is 0 Å². The summed E-state index contributed by atoms with van der Waals surface area (Å²) in [4.78, 5) is 0. The van der Waals surface area contributed by atoms with Crippen LogP contribution in [-0.4, -0.2) is 30.6 Å². The highest BCUT2D eigenvalue weighted by Crippen LogP contribution is 2.35. The lowest BCUT2D eigenvalue weighted by Gasteiger charge is -2.14. The molecule has 0 bridgehead atoms. The van der Waals surface area contributed by atoms with Gasteiger partial charge in [-0.25, -0.2) is 0 Å². The molecule has 0 aliphatic carbocycles. The van der Waals surface area contributed by atoms with Gasteiger partial charge in [0.05, 0.1) is 0 Å². The van der Waals surface area contributed by atoms with Crippen LogP contribution in [0, 0.1) is 13.8 Å². The molecule has 35 heavy (non-hydrogen) atoms. The predicted molar refractivity (Wildman–Crippen MR) is 134 cm³/mol. The number of hydrogen-bond donors (Lipinski definition) is 6. The van der Waals surface area contributed by atoms with Crippen molar-refractivity contribution in [2.45, 2.75) is 33.1 Å². The van der Waals surface area contributed by atoms with Gasteiger partial charge < -0.3 is 30.6 Å². The number of hydrogen-bond acceptors (Lipinski definition) is 6. The van der Waals surface area contributed by atoms with E-state index in [0.717, 1.165) is 22.3 Å². The molecule has 0 aliphatic heterocycles. The van der Waals surface area contributed by atoms with Gasteiger partial charge in [-0.15, -0.1) is 0 Å². The van der Waals surface area contributed by atoms with Crippen molar-refractivity contribution in [3.05, 3.63) is 105 Å². The van der Waals surface area contributed by atoms with Crippen LogP contribution in [0.5, 0.6) is 34.5 Å². The van der Waals surface area contributed by atoms with E-state index in [1.54, 1.807) is 50.2 Å². The summed E-state index contributed by atoms with van der Waals surface area (Å²) in [5.74, 6) is 0.106. The normalized spacial score (nSPS) is 11.0. The van der Waals surface area contributed by atoms with E-state index in [0.29, 0.717) is 35.1 Å². The second kappa shape index (κ2) is 9.50. The van der Waals surface area contributed by atoms with Gasteiger partial charge in [-0.1, -0.05) is 24.3 Å². The van der Waals surface area contributed by atoms with Gasteiger partial charge in [-0.05, 0) is 82.6 Å². The van der Waals surface area contributed by atoms with Crippen LogP contribution >= 0.6 is 0 Å². The largest absolute Gasteiger partial charge is 0.508 e. The van der Waals surface area contributed by atoms with Gasteiger partial charge in [-0.3, -0.25) is 0 Å². The Morgan fingerprint density at radius 2 is 0.743 bits per heavy atom. The van der Waals surface area contributed by atoms with Crippen LogP contribution in [0.15, 0.2) is 60.7 Å². The van der Waals surface area contributed by atoms with Crippen molar-refractivity contribution in [3.8, 4) is 34.5 Å². The van der Waals surface area contributed by atoms with E-state index in [2.05, 4.69) is 0 Å². The summed E-state index contributed by atoms with van der Waals surface area (Å²) >= 11 is 0. The van der Waals surface area contributed by atoms with Crippen LogP contribution in [0.4, 0.5) is 0 Å². The maximum absolute atomic E-state index is 10.5. The topological polar surface area (TPSA) is 121 Å². The Bertz CT molecular complexity index is 1300. The van der Waals surface area contributed by atoms with E-state index in [1.165, 1.54) is 12.1 Å². The summed E-state index contributed by atoms with van der Waals surface area (Å²) in [6.07, 6.45) is 0.974. The maximum Gasteiger partial charge on any atom is 0.122 e. The van der Waals surface area contributed by atoms with Gasteiger partial charge in [0, 0.05) is 31.4 Å². The lowest BCUT2D eigenvalue weighted by molar-refractivity contribution is 0.439. The van der Waals surface area contributed by atoms with Crippen LogP contribution in [0.1, 0.15) is 44.5 Å². The van der Waals surface area contributed by atoms with E-state index < -0.39 is 0 Å². The first-order chi connectivity index (χ1) is 16.6. The Balaban J connectivity index is 1.63. The lowest BCUT2D eigenvalue weighted by Crippen LogP contribution is -1.97. The Hall–Kier alpha value is -4.32. The summed E-state index contributed by atoms with van der Waals surface area (Å²) in [6.45, 7) is 3.59. The van der Waals surface area contributed by atoms with E-state index in [4.69, 9.17) is 0 Å². The second-order valence-electron chi connectivity index (χ2n) is 8.99. The SMILES string of the molecule is Cc1cc(Cc2cc(Cc3cc(Cc4ccc(O)c(C)c4)c(O)cc3O)c(O)cc2O)ccc1O. The Labute approximate surface area is 203 Å². The molecule has 6 nitrogen and oxygen atoms in total. The maximum atomic E-state index is 10.5. The fraction of sp³-hybridized carbons (Fsp3) is 0.172. The zero-order valence-corrected chi connectivity index (χ0v) is 19.6. The minimum absolute atomic E-state index is 0.0460. The molecule has 0 amide bonds. The Morgan fingerprint density at radius 3 is 1.09 bits per heavy atom. The summed E-state index contributed by atoms with van der Waals surface area (Å²) in [7, 11) is 0. The second-order valence-corrected chi connectivity index (χ2v) is 8.99. The van der Waals surface area contributed by atoms with E-state index >= 15 is 0 Å². The fourth-order valence-corrected chi connectivity index (χ4v) is 4.21. The number of aromatic hydroxyl groups is 6. The van der Waals surface area contributed by atoms with Crippen molar-refractivity contribution >= 4 is 0 Å². The third-order valence-corrected chi connectivity index (χ3v) is 6.25. The molecule has 4 rings (SSSR count). The molecule has 0 saturated heterocycles. The zero-order chi connectivity index (χ0) is 25.3. The molecule has 6 N–H and O–H groups in total. The smallest absolute Gasteiger partial charge is 0.122 e. The van der Waals surface area contributed by atoms with Crippen molar-refractivity contribution < 1.29 is 30.6 Å². The summed E-state index contributed by atoms with van der Waals surface area (Å²) in [6, 6.07) is 16.4. The number of benzene rings is 4. The van der Waals surface area contributed by atoms with Crippen molar-refractivity contribution in [1.82, 2.24) is 0 Å². The predicted octanol–water partition coefficient (Wildman–Crippen LogP) is 5.31. The molecule has 4 aromatic rings. The van der Waals surface area contributed by atoms with Gasteiger partial charge >= 0.3 is 0 Å². The van der Waals surface area contributed by atoms with E-state index in [-0.39, 0.29) is 40.9 Å². The van der Waals surface area contributed by atoms with Crippen molar-refractivity contribution in [1.29, 1.82) is 0 Å². The molecular weight excluding hydrogens is 444 g/mol. The average molecular weight is 473 g/mol. The number of phenols is 6. The molecule has 0 aromatic heterocycles. The molecule has 180 valence electrons. The van der Waals surface area contributed by atoms with Gasteiger partial charge in [-0.2, -0.15) is 0 Å². The highest BCUT2D eigenvalue weighted by Gasteiger charge is 2.15. The first kappa shape index (κ1) is 23.8. The summed E-state index contributed by atoms with van der Waals surface area (Å²) in [5, 5.41) is 61.3. The first-order valence-electron chi connectivity index (χ1n) is 11.2. The van der Waals surface area contributed by atoms with Crippen LogP contribution in [-0.2, 0) is 19.3 Å². The van der Waals surface area contributed by atoms with Crippen molar-refractivity contribution in [2.75, 3.05) is 0 Å². The third-order valence-electron chi connectivity index (χ3n) is 6.25. The van der Waals surface area contributed by atoms with Crippen molar-refractivity contribution in [2.24, 2.45) is 0 Å². The molecule has 4 aromatic carbocycles. The molecule has 0 radical (unpaired) electrons. The lowest BCUT2D eigenvalue weighted by atomic mass is 9.94. The Kier molecular flexibility index (Phi) is 6.47. The van der Waals surface area contributed by atoms with Gasteiger partial charge in [0.2, 0.25) is 0 Å². The van der Waals surface area contributed by atoms with E-state index in [9.17, 15) is 30.6 Å². The minimum Gasteiger partial charge on any atom is -0.508 e.